The summed E-state index contributed by atoms with van der Waals surface area (Å²) < 4.78 is 2.18. The van der Waals surface area contributed by atoms with Gasteiger partial charge in [-0.05, 0) is 36.2 Å². The molecule has 0 aliphatic heterocycles. The van der Waals surface area contributed by atoms with Crippen molar-refractivity contribution in [1.29, 1.82) is 0 Å². The molecule has 0 unspecified atom stereocenters. The first-order valence-corrected chi connectivity index (χ1v) is 6.96. The molecule has 0 saturated heterocycles. The molecule has 0 fully saturated rings. The van der Waals surface area contributed by atoms with E-state index in [1.807, 2.05) is 6.07 Å². The minimum atomic E-state index is 0.676. The van der Waals surface area contributed by atoms with Gasteiger partial charge in [-0.1, -0.05) is 36.4 Å². The van der Waals surface area contributed by atoms with Crippen LogP contribution in [0.1, 0.15) is 17.0 Å². The zero-order valence-electron chi connectivity index (χ0n) is 11.7. The van der Waals surface area contributed by atoms with Crippen LogP contribution in [-0.2, 0) is 19.9 Å². The van der Waals surface area contributed by atoms with Gasteiger partial charge >= 0.3 is 0 Å². The third-order valence-corrected chi connectivity index (χ3v) is 3.68. The van der Waals surface area contributed by atoms with Gasteiger partial charge in [0.05, 0.1) is 11.0 Å². The lowest BCUT2D eigenvalue weighted by Gasteiger charge is -2.02. The monoisotopic (exact) mass is 265 g/mol. The molecule has 1 aromatic heterocycles. The summed E-state index contributed by atoms with van der Waals surface area (Å²) in [5.41, 5.74) is 10.4. The van der Waals surface area contributed by atoms with Crippen molar-refractivity contribution >= 4 is 11.0 Å². The predicted octanol–water partition coefficient (Wildman–Crippen LogP) is 2.67. The number of nitrogens with zero attached hydrogens (tertiary/aromatic N) is 2. The Bertz CT molecular complexity index is 714. The topological polar surface area (TPSA) is 43.8 Å². The Morgan fingerprint density at radius 2 is 1.85 bits per heavy atom. The third-order valence-electron chi connectivity index (χ3n) is 3.68. The Kier molecular flexibility index (Phi) is 3.52. The number of hydrogen-bond acceptors (Lipinski definition) is 2. The molecular formula is C17H19N3. The van der Waals surface area contributed by atoms with Crippen LogP contribution in [0.25, 0.3) is 11.0 Å². The Labute approximate surface area is 119 Å². The molecule has 3 nitrogen and oxygen atoms in total. The van der Waals surface area contributed by atoms with Crippen molar-refractivity contribution in [3.63, 3.8) is 0 Å². The van der Waals surface area contributed by atoms with Gasteiger partial charge in [-0.3, -0.25) is 0 Å². The number of imidazole rings is 1. The van der Waals surface area contributed by atoms with Gasteiger partial charge in [0.2, 0.25) is 0 Å². The van der Waals surface area contributed by atoms with E-state index in [1.54, 1.807) is 0 Å². The molecule has 3 rings (SSSR count). The van der Waals surface area contributed by atoms with Gasteiger partial charge in [-0.15, -0.1) is 0 Å². The fraction of sp³-hybridized carbons (Fsp3) is 0.235. The molecule has 0 bridgehead atoms. The number of nitrogens with two attached hydrogens (primary N) is 1. The van der Waals surface area contributed by atoms with Gasteiger partial charge in [0.25, 0.3) is 0 Å². The number of fused-ring (bicyclic) bond motifs is 1. The maximum absolute atomic E-state index is 5.62. The molecule has 2 aromatic carbocycles. The lowest BCUT2D eigenvalue weighted by molar-refractivity contribution is 0.844. The molecule has 3 heteroatoms. The Hall–Kier alpha value is -2.13. The van der Waals surface area contributed by atoms with Crippen LogP contribution in [0.2, 0.25) is 0 Å². The second kappa shape index (κ2) is 5.47. The van der Waals surface area contributed by atoms with E-state index in [4.69, 9.17) is 10.7 Å². The van der Waals surface area contributed by atoms with E-state index in [-0.39, 0.29) is 0 Å². The average molecular weight is 265 g/mol. The van der Waals surface area contributed by atoms with Gasteiger partial charge in [0, 0.05) is 13.5 Å². The molecular weight excluding hydrogens is 246 g/mol. The van der Waals surface area contributed by atoms with Crippen LogP contribution in [0, 0.1) is 0 Å². The molecule has 0 radical (unpaired) electrons. The van der Waals surface area contributed by atoms with Gasteiger partial charge in [-0.25, -0.2) is 4.98 Å². The summed E-state index contributed by atoms with van der Waals surface area (Å²) in [5, 5.41) is 0. The van der Waals surface area contributed by atoms with Crippen LogP contribution in [0.5, 0.6) is 0 Å². The van der Waals surface area contributed by atoms with Gasteiger partial charge in [-0.2, -0.15) is 0 Å². The van der Waals surface area contributed by atoms with Crippen molar-refractivity contribution in [2.75, 3.05) is 6.54 Å². The number of benzene rings is 2. The summed E-state index contributed by atoms with van der Waals surface area (Å²) in [6, 6.07) is 16.9. The van der Waals surface area contributed by atoms with Crippen LogP contribution in [0.3, 0.4) is 0 Å². The van der Waals surface area contributed by atoms with Gasteiger partial charge in [0.1, 0.15) is 5.82 Å². The SMILES string of the molecule is Cn1c(Cc2ccccc2)nc2cc(CCN)ccc21. The van der Waals surface area contributed by atoms with Crippen molar-refractivity contribution in [1.82, 2.24) is 9.55 Å². The van der Waals surface area contributed by atoms with E-state index in [9.17, 15) is 0 Å². The average Bonchev–Trinajstić information content (AvgIpc) is 2.77. The largest absolute Gasteiger partial charge is 0.331 e. The van der Waals surface area contributed by atoms with Crippen molar-refractivity contribution in [3.05, 3.63) is 65.5 Å². The molecule has 2 N–H and O–H groups in total. The van der Waals surface area contributed by atoms with Crippen molar-refractivity contribution in [2.24, 2.45) is 12.8 Å². The Morgan fingerprint density at radius 3 is 2.60 bits per heavy atom. The second-order valence-electron chi connectivity index (χ2n) is 5.11. The fourth-order valence-corrected chi connectivity index (χ4v) is 2.55. The fourth-order valence-electron chi connectivity index (χ4n) is 2.55. The molecule has 0 aliphatic carbocycles. The van der Waals surface area contributed by atoms with Gasteiger partial charge in [0.15, 0.2) is 0 Å². The van der Waals surface area contributed by atoms with Crippen LogP contribution in [0.15, 0.2) is 48.5 Å². The Morgan fingerprint density at radius 1 is 1.05 bits per heavy atom. The first kappa shape index (κ1) is 12.9. The second-order valence-corrected chi connectivity index (χ2v) is 5.11. The number of aryl methyl sites for hydroxylation is 1. The van der Waals surface area contributed by atoms with Crippen molar-refractivity contribution < 1.29 is 0 Å². The number of rotatable bonds is 4. The molecule has 20 heavy (non-hydrogen) atoms. The molecule has 0 amide bonds. The van der Waals surface area contributed by atoms with Crippen molar-refractivity contribution in [3.8, 4) is 0 Å². The van der Waals surface area contributed by atoms with Gasteiger partial charge < -0.3 is 10.3 Å². The first-order chi connectivity index (χ1) is 9.78. The van der Waals surface area contributed by atoms with E-state index >= 15 is 0 Å². The van der Waals surface area contributed by atoms with Crippen LogP contribution in [-0.4, -0.2) is 16.1 Å². The maximum atomic E-state index is 5.62. The highest BCUT2D eigenvalue weighted by molar-refractivity contribution is 5.77. The molecule has 3 aromatic rings. The lowest BCUT2D eigenvalue weighted by Crippen LogP contribution is -2.02. The highest BCUT2D eigenvalue weighted by Crippen LogP contribution is 2.19. The van der Waals surface area contributed by atoms with Crippen molar-refractivity contribution in [2.45, 2.75) is 12.8 Å². The van der Waals surface area contributed by atoms with Crippen LogP contribution in [0.4, 0.5) is 0 Å². The molecule has 0 spiro atoms. The smallest absolute Gasteiger partial charge is 0.114 e. The summed E-state index contributed by atoms with van der Waals surface area (Å²) in [7, 11) is 2.08. The van der Waals surface area contributed by atoms with Crippen LogP contribution >= 0.6 is 0 Å². The highest BCUT2D eigenvalue weighted by atomic mass is 15.1. The normalized spacial score (nSPS) is 11.1. The number of hydrogen-bond donors (Lipinski definition) is 1. The molecule has 1 heterocycles. The van der Waals surface area contributed by atoms with E-state index in [2.05, 4.69) is 54.1 Å². The first-order valence-electron chi connectivity index (χ1n) is 6.96. The number of aromatic nitrogens is 2. The summed E-state index contributed by atoms with van der Waals surface area (Å²) in [5.74, 6) is 1.09. The summed E-state index contributed by atoms with van der Waals surface area (Å²) in [6.45, 7) is 0.676. The summed E-state index contributed by atoms with van der Waals surface area (Å²) >= 11 is 0. The third kappa shape index (κ3) is 2.45. The maximum Gasteiger partial charge on any atom is 0.114 e. The lowest BCUT2D eigenvalue weighted by atomic mass is 10.1. The molecule has 102 valence electrons. The minimum Gasteiger partial charge on any atom is -0.331 e. The van der Waals surface area contributed by atoms with Crippen LogP contribution < -0.4 is 5.73 Å². The summed E-state index contributed by atoms with van der Waals surface area (Å²) in [6.07, 6.45) is 1.76. The van der Waals surface area contributed by atoms with E-state index in [0.29, 0.717) is 6.54 Å². The zero-order valence-corrected chi connectivity index (χ0v) is 11.7. The Balaban J connectivity index is 1.97. The molecule has 0 aliphatic rings. The minimum absolute atomic E-state index is 0.676. The standard InChI is InChI=1S/C17H19N3/c1-20-16-8-7-14(9-10-18)11-15(16)19-17(20)12-13-5-3-2-4-6-13/h2-8,11H,9-10,12,18H2,1H3. The zero-order chi connectivity index (χ0) is 13.9. The van der Waals surface area contributed by atoms with E-state index in [0.717, 1.165) is 24.2 Å². The highest BCUT2D eigenvalue weighted by Gasteiger charge is 2.08. The summed E-state index contributed by atoms with van der Waals surface area (Å²) in [4.78, 5) is 4.77. The van der Waals surface area contributed by atoms with E-state index < -0.39 is 0 Å². The molecule has 0 atom stereocenters. The molecule has 0 saturated carbocycles. The predicted molar refractivity (Wildman–Crippen MR) is 82.7 cm³/mol. The quantitative estimate of drug-likeness (QED) is 0.788. The van der Waals surface area contributed by atoms with E-state index in [1.165, 1.54) is 16.6 Å².